The van der Waals surface area contributed by atoms with Gasteiger partial charge in [-0.15, -0.1) is 11.3 Å². The fraction of sp³-hybridized carbons (Fsp3) is 0.368. The van der Waals surface area contributed by atoms with Crippen molar-refractivity contribution >= 4 is 33.3 Å². The molecule has 0 unspecified atom stereocenters. The van der Waals surface area contributed by atoms with Crippen LogP contribution in [0, 0.1) is 6.92 Å². The van der Waals surface area contributed by atoms with Crippen LogP contribution >= 0.6 is 23.1 Å². The molecule has 1 aliphatic rings. The van der Waals surface area contributed by atoms with Crippen molar-refractivity contribution in [1.29, 1.82) is 0 Å². The van der Waals surface area contributed by atoms with Gasteiger partial charge in [0.15, 0.2) is 5.16 Å². The number of nitrogens with zero attached hydrogens (tertiary/aromatic N) is 2. The maximum atomic E-state index is 13.5. The number of thiophene rings is 1. The average molecular weight is 373 g/mol. The number of thioether (sulfide) groups is 1. The summed E-state index contributed by atoms with van der Waals surface area (Å²) in [7, 11) is 0. The van der Waals surface area contributed by atoms with Crippen LogP contribution in [-0.2, 0) is 17.8 Å². The number of rotatable bonds is 2. The van der Waals surface area contributed by atoms with E-state index < -0.39 is 0 Å². The zero-order valence-corrected chi connectivity index (χ0v) is 16.4. The number of ether oxygens (including phenoxy) is 1. The zero-order chi connectivity index (χ0) is 17.8. The Morgan fingerprint density at radius 1 is 1.32 bits per heavy atom. The Morgan fingerprint density at radius 2 is 2.08 bits per heavy atom. The quantitative estimate of drug-likeness (QED) is 0.496. The first-order chi connectivity index (χ1) is 11.9. The van der Waals surface area contributed by atoms with Crippen LogP contribution in [0.15, 0.2) is 34.2 Å². The summed E-state index contributed by atoms with van der Waals surface area (Å²) in [6.45, 7) is 6.73. The van der Waals surface area contributed by atoms with E-state index >= 15 is 0 Å². The highest BCUT2D eigenvalue weighted by Crippen LogP contribution is 2.37. The van der Waals surface area contributed by atoms with E-state index in [0.29, 0.717) is 6.61 Å². The van der Waals surface area contributed by atoms with Crippen LogP contribution < -0.4 is 5.56 Å². The van der Waals surface area contributed by atoms with Gasteiger partial charge in [0.05, 0.1) is 23.3 Å². The van der Waals surface area contributed by atoms with Crippen molar-refractivity contribution in [3.63, 3.8) is 0 Å². The Hall–Kier alpha value is -1.63. The van der Waals surface area contributed by atoms with E-state index in [1.165, 1.54) is 11.8 Å². The van der Waals surface area contributed by atoms with Gasteiger partial charge in [-0.25, -0.2) is 4.98 Å². The van der Waals surface area contributed by atoms with E-state index in [4.69, 9.17) is 9.72 Å². The standard InChI is InChI=1S/C19H20N2O2S2/c1-11-7-5-6-8-13(11)21-17(22)15-12-9-19(2,3)23-10-14(12)25-16(15)20-18(21)24-4/h5-8H,9-10H2,1-4H3. The predicted molar refractivity (Wildman–Crippen MR) is 104 cm³/mol. The van der Waals surface area contributed by atoms with Gasteiger partial charge in [0.2, 0.25) is 0 Å². The number of benzene rings is 1. The van der Waals surface area contributed by atoms with Crippen molar-refractivity contribution in [2.24, 2.45) is 0 Å². The largest absolute Gasteiger partial charge is 0.370 e. The molecule has 2 aromatic heterocycles. The second-order valence-corrected chi connectivity index (χ2v) is 8.79. The Bertz CT molecular complexity index is 1030. The minimum Gasteiger partial charge on any atom is -0.370 e. The third kappa shape index (κ3) is 2.72. The molecule has 3 aromatic rings. The molecule has 0 N–H and O–H groups in total. The van der Waals surface area contributed by atoms with E-state index in [1.807, 2.05) is 37.4 Å². The van der Waals surface area contributed by atoms with Gasteiger partial charge in [-0.1, -0.05) is 30.0 Å². The maximum absolute atomic E-state index is 13.5. The Labute approximate surface area is 154 Å². The van der Waals surface area contributed by atoms with Crippen molar-refractivity contribution in [3.05, 3.63) is 50.6 Å². The third-order valence-corrected chi connectivity index (χ3v) is 6.35. The van der Waals surface area contributed by atoms with Crippen LogP contribution in [0.25, 0.3) is 15.9 Å². The molecule has 0 atom stereocenters. The smallest absolute Gasteiger partial charge is 0.267 e. The molecule has 0 aliphatic carbocycles. The molecular weight excluding hydrogens is 352 g/mol. The Morgan fingerprint density at radius 3 is 2.80 bits per heavy atom. The molecule has 0 fully saturated rings. The molecule has 3 heterocycles. The SMILES string of the molecule is CSc1nc2sc3c(c2c(=O)n1-c1ccccc1C)CC(C)(C)OC3. The van der Waals surface area contributed by atoms with Crippen molar-refractivity contribution in [2.45, 2.75) is 44.6 Å². The lowest BCUT2D eigenvalue weighted by molar-refractivity contribution is -0.0379. The highest BCUT2D eigenvalue weighted by atomic mass is 32.2. The van der Waals surface area contributed by atoms with Gasteiger partial charge < -0.3 is 4.74 Å². The first-order valence-electron chi connectivity index (χ1n) is 8.22. The molecule has 6 heteroatoms. The topological polar surface area (TPSA) is 44.1 Å². The normalized spacial score (nSPS) is 16.2. The summed E-state index contributed by atoms with van der Waals surface area (Å²) >= 11 is 3.09. The van der Waals surface area contributed by atoms with Crippen LogP contribution in [0.2, 0.25) is 0 Å². The predicted octanol–water partition coefficient (Wildman–Crippen LogP) is 4.33. The van der Waals surface area contributed by atoms with E-state index in [2.05, 4.69) is 13.8 Å². The fourth-order valence-electron chi connectivity index (χ4n) is 3.34. The van der Waals surface area contributed by atoms with E-state index in [1.54, 1.807) is 15.9 Å². The number of aryl methyl sites for hydroxylation is 1. The molecule has 25 heavy (non-hydrogen) atoms. The van der Waals surface area contributed by atoms with E-state index in [9.17, 15) is 4.79 Å². The molecular formula is C19H20N2O2S2. The summed E-state index contributed by atoms with van der Waals surface area (Å²) in [4.78, 5) is 20.3. The monoisotopic (exact) mass is 372 g/mol. The molecule has 0 saturated carbocycles. The summed E-state index contributed by atoms with van der Waals surface area (Å²) in [5.41, 5.74) is 2.85. The minimum absolute atomic E-state index is 0.0267. The first-order valence-corrected chi connectivity index (χ1v) is 10.3. The van der Waals surface area contributed by atoms with Crippen LogP contribution in [0.4, 0.5) is 0 Å². The van der Waals surface area contributed by atoms with E-state index in [0.717, 1.165) is 43.5 Å². The lowest BCUT2D eigenvalue weighted by Gasteiger charge is -2.30. The molecule has 130 valence electrons. The number of fused-ring (bicyclic) bond motifs is 3. The lowest BCUT2D eigenvalue weighted by atomic mass is 9.94. The van der Waals surface area contributed by atoms with Gasteiger partial charge >= 0.3 is 0 Å². The van der Waals surface area contributed by atoms with Gasteiger partial charge in [0.25, 0.3) is 5.56 Å². The minimum atomic E-state index is -0.251. The van der Waals surface area contributed by atoms with Crippen LogP contribution in [0.3, 0.4) is 0 Å². The van der Waals surface area contributed by atoms with Gasteiger partial charge in [-0.3, -0.25) is 9.36 Å². The summed E-state index contributed by atoms with van der Waals surface area (Å²) in [6, 6.07) is 7.95. The summed E-state index contributed by atoms with van der Waals surface area (Å²) < 4.78 is 7.68. The molecule has 1 aliphatic heterocycles. The summed E-state index contributed by atoms with van der Waals surface area (Å²) in [5, 5.41) is 1.49. The Balaban J connectivity index is 2.06. The molecule has 1 aromatic carbocycles. The molecule has 0 spiro atoms. The molecule has 4 rings (SSSR count). The average Bonchev–Trinajstić information content (AvgIpc) is 2.92. The third-order valence-electron chi connectivity index (χ3n) is 4.61. The maximum Gasteiger partial charge on any atom is 0.267 e. The summed E-state index contributed by atoms with van der Waals surface area (Å²) in [6.07, 6.45) is 2.70. The second-order valence-electron chi connectivity index (χ2n) is 6.93. The highest BCUT2D eigenvalue weighted by Gasteiger charge is 2.31. The van der Waals surface area contributed by atoms with Crippen LogP contribution in [0.1, 0.15) is 29.9 Å². The fourth-order valence-corrected chi connectivity index (χ4v) is 5.04. The highest BCUT2D eigenvalue weighted by molar-refractivity contribution is 7.98. The molecule has 0 bridgehead atoms. The van der Waals surface area contributed by atoms with Gasteiger partial charge in [0, 0.05) is 11.3 Å². The van der Waals surface area contributed by atoms with Gasteiger partial charge in [0.1, 0.15) is 4.83 Å². The Kier molecular flexibility index (Phi) is 4.02. The summed E-state index contributed by atoms with van der Waals surface area (Å²) in [5.74, 6) is 0. The first kappa shape index (κ1) is 16.8. The number of hydrogen-bond donors (Lipinski definition) is 0. The zero-order valence-electron chi connectivity index (χ0n) is 14.8. The van der Waals surface area contributed by atoms with E-state index in [-0.39, 0.29) is 11.2 Å². The number of para-hydroxylation sites is 1. The molecule has 0 saturated heterocycles. The molecule has 0 amide bonds. The van der Waals surface area contributed by atoms with Crippen molar-refractivity contribution < 1.29 is 4.74 Å². The van der Waals surface area contributed by atoms with Crippen molar-refractivity contribution in [3.8, 4) is 5.69 Å². The van der Waals surface area contributed by atoms with Crippen molar-refractivity contribution in [1.82, 2.24) is 9.55 Å². The molecule has 4 nitrogen and oxygen atoms in total. The molecule has 0 radical (unpaired) electrons. The van der Waals surface area contributed by atoms with Gasteiger partial charge in [-0.2, -0.15) is 0 Å². The van der Waals surface area contributed by atoms with Crippen molar-refractivity contribution in [2.75, 3.05) is 6.26 Å². The lowest BCUT2D eigenvalue weighted by Crippen LogP contribution is -2.32. The number of aromatic nitrogens is 2. The van der Waals surface area contributed by atoms with Crippen LogP contribution in [0.5, 0.6) is 0 Å². The number of hydrogen-bond acceptors (Lipinski definition) is 5. The van der Waals surface area contributed by atoms with Crippen LogP contribution in [-0.4, -0.2) is 21.4 Å². The second kappa shape index (κ2) is 5.97. The van der Waals surface area contributed by atoms with Gasteiger partial charge in [-0.05, 0) is 44.2 Å².